The van der Waals surface area contributed by atoms with Gasteiger partial charge in [-0.05, 0) is 32.4 Å². The molecular weight excluding hydrogens is 295 g/mol. The topological polar surface area (TPSA) is 49.4 Å². The van der Waals surface area contributed by atoms with Gasteiger partial charge in [0.15, 0.2) is 0 Å². The van der Waals surface area contributed by atoms with E-state index in [2.05, 4.69) is 5.32 Å². The lowest BCUT2D eigenvalue weighted by Crippen LogP contribution is -2.68. The van der Waals surface area contributed by atoms with Crippen LogP contribution in [-0.4, -0.2) is 28.3 Å². The maximum atomic E-state index is 13.9. The van der Waals surface area contributed by atoms with E-state index in [4.69, 9.17) is 11.6 Å². The van der Waals surface area contributed by atoms with Crippen molar-refractivity contribution in [2.75, 3.05) is 0 Å². The van der Waals surface area contributed by atoms with Gasteiger partial charge in [-0.3, -0.25) is 9.59 Å². The second kappa shape index (κ2) is 5.64. The van der Waals surface area contributed by atoms with E-state index >= 15 is 0 Å². The Morgan fingerprint density at radius 3 is 2.67 bits per heavy atom. The van der Waals surface area contributed by atoms with Gasteiger partial charge in [-0.25, -0.2) is 4.39 Å². The van der Waals surface area contributed by atoms with Crippen molar-refractivity contribution >= 4 is 23.4 Å². The van der Waals surface area contributed by atoms with Crippen molar-refractivity contribution in [3.63, 3.8) is 0 Å². The van der Waals surface area contributed by atoms with Crippen LogP contribution in [0.5, 0.6) is 0 Å². The minimum Gasteiger partial charge on any atom is -0.340 e. The van der Waals surface area contributed by atoms with Crippen LogP contribution < -0.4 is 5.32 Å². The zero-order chi connectivity index (χ0) is 15.8. The predicted octanol–water partition coefficient (Wildman–Crippen LogP) is 2.49. The number of halogens is 2. The first-order valence-corrected chi connectivity index (χ1v) is 7.24. The van der Waals surface area contributed by atoms with Crippen LogP contribution in [0.15, 0.2) is 18.2 Å². The third kappa shape index (κ3) is 2.75. The first-order chi connectivity index (χ1) is 9.80. The molecule has 2 rings (SSSR count). The fraction of sp³-hybridized carbons (Fsp3) is 0.467. The van der Waals surface area contributed by atoms with Gasteiger partial charge in [-0.1, -0.05) is 24.6 Å². The van der Waals surface area contributed by atoms with Crippen LogP contribution in [0.3, 0.4) is 0 Å². The molecule has 1 heterocycles. The van der Waals surface area contributed by atoms with E-state index in [1.807, 2.05) is 6.92 Å². The number of amides is 2. The van der Waals surface area contributed by atoms with Crippen molar-refractivity contribution in [3.05, 3.63) is 34.6 Å². The Morgan fingerprint density at radius 1 is 1.43 bits per heavy atom. The van der Waals surface area contributed by atoms with E-state index in [1.165, 1.54) is 17.0 Å². The van der Waals surface area contributed by atoms with Gasteiger partial charge >= 0.3 is 0 Å². The van der Waals surface area contributed by atoms with E-state index in [9.17, 15) is 14.0 Å². The van der Waals surface area contributed by atoms with Gasteiger partial charge in [0.05, 0.1) is 6.54 Å². The summed E-state index contributed by atoms with van der Waals surface area (Å²) in [7, 11) is 0. The molecule has 0 bridgehead atoms. The quantitative estimate of drug-likeness (QED) is 0.932. The minimum absolute atomic E-state index is 0.0193. The van der Waals surface area contributed by atoms with Crippen molar-refractivity contribution < 1.29 is 14.0 Å². The van der Waals surface area contributed by atoms with Crippen LogP contribution in [0.2, 0.25) is 5.02 Å². The number of rotatable bonds is 3. The highest BCUT2D eigenvalue weighted by Gasteiger charge is 2.45. The molecule has 4 nitrogen and oxygen atoms in total. The van der Waals surface area contributed by atoms with Crippen molar-refractivity contribution in [1.82, 2.24) is 10.2 Å². The zero-order valence-electron chi connectivity index (χ0n) is 12.2. The number of piperazine rings is 1. The predicted molar refractivity (Wildman–Crippen MR) is 78.3 cm³/mol. The Morgan fingerprint density at radius 2 is 2.10 bits per heavy atom. The molecule has 6 heteroatoms. The highest BCUT2D eigenvalue weighted by molar-refractivity contribution is 6.31. The molecule has 21 heavy (non-hydrogen) atoms. The number of nitrogens with one attached hydrogen (secondary N) is 1. The van der Waals surface area contributed by atoms with Gasteiger partial charge < -0.3 is 10.2 Å². The summed E-state index contributed by atoms with van der Waals surface area (Å²) in [4.78, 5) is 26.0. The van der Waals surface area contributed by atoms with Crippen LogP contribution >= 0.6 is 11.6 Å². The van der Waals surface area contributed by atoms with E-state index in [0.717, 1.165) is 0 Å². The molecule has 1 fully saturated rings. The average Bonchev–Trinajstić information content (AvgIpc) is 2.44. The summed E-state index contributed by atoms with van der Waals surface area (Å²) < 4.78 is 13.9. The largest absolute Gasteiger partial charge is 0.340 e. The average molecular weight is 313 g/mol. The molecule has 114 valence electrons. The van der Waals surface area contributed by atoms with Crippen LogP contribution in [-0.2, 0) is 16.1 Å². The maximum absolute atomic E-state index is 13.9. The minimum atomic E-state index is -0.957. The molecule has 2 atom stereocenters. The summed E-state index contributed by atoms with van der Waals surface area (Å²) in [6.07, 6.45) is 0.464. The number of hydrogen-bond acceptors (Lipinski definition) is 2. The van der Waals surface area contributed by atoms with Crippen molar-refractivity contribution in [2.45, 2.75) is 45.3 Å². The normalized spacial score (nSPS) is 26.0. The monoisotopic (exact) mass is 312 g/mol. The second-order valence-corrected chi connectivity index (χ2v) is 5.89. The number of nitrogens with zero attached hydrogens (tertiary/aromatic N) is 1. The first kappa shape index (κ1) is 15.8. The summed E-state index contributed by atoms with van der Waals surface area (Å²) in [5, 5.41) is 2.98. The van der Waals surface area contributed by atoms with Crippen LogP contribution in [0.25, 0.3) is 0 Å². The Labute approximate surface area is 128 Å². The molecule has 1 aromatic carbocycles. The third-order valence-corrected chi connectivity index (χ3v) is 4.43. The van der Waals surface area contributed by atoms with Crippen molar-refractivity contribution in [2.24, 2.45) is 0 Å². The molecule has 1 aliphatic rings. The third-order valence-electron chi connectivity index (χ3n) is 4.08. The van der Waals surface area contributed by atoms with Gasteiger partial charge in [0.25, 0.3) is 0 Å². The molecule has 0 saturated carbocycles. The highest BCUT2D eigenvalue weighted by atomic mass is 35.5. The maximum Gasteiger partial charge on any atom is 0.249 e. The van der Waals surface area contributed by atoms with E-state index < -0.39 is 17.4 Å². The Bertz CT molecular complexity index is 573. The van der Waals surface area contributed by atoms with Crippen LogP contribution in [0, 0.1) is 5.82 Å². The summed E-state index contributed by atoms with van der Waals surface area (Å²) >= 11 is 6.01. The van der Waals surface area contributed by atoms with Gasteiger partial charge in [-0.2, -0.15) is 0 Å². The molecular formula is C15H18ClFN2O2. The Kier molecular flexibility index (Phi) is 4.23. The van der Waals surface area contributed by atoms with Gasteiger partial charge in [0, 0.05) is 10.6 Å². The SMILES string of the molecule is CCC1(C)NC(=O)C(C)N(Cc2c(F)cccc2Cl)C1=O. The van der Waals surface area contributed by atoms with Gasteiger partial charge in [0.2, 0.25) is 11.8 Å². The van der Waals surface area contributed by atoms with Crippen molar-refractivity contribution in [3.8, 4) is 0 Å². The second-order valence-electron chi connectivity index (χ2n) is 5.48. The van der Waals surface area contributed by atoms with Crippen molar-refractivity contribution in [1.29, 1.82) is 0 Å². The Balaban J connectivity index is 2.37. The number of carbonyl (C=O) groups is 2. The molecule has 0 aliphatic carbocycles. The van der Waals surface area contributed by atoms with Gasteiger partial charge in [0.1, 0.15) is 17.4 Å². The van der Waals surface area contributed by atoms with Crippen LogP contribution in [0.4, 0.5) is 4.39 Å². The summed E-state index contributed by atoms with van der Waals surface area (Å²) in [6.45, 7) is 5.10. The lowest BCUT2D eigenvalue weighted by Gasteiger charge is -2.43. The molecule has 1 saturated heterocycles. The zero-order valence-corrected chi connectivity index (χ0v) is 13.0. The van der Waals surface area contributed by atoms with E-state index in [0.29, 0.717) is 6.42 Å². The molecule has 0 radical (unpaired) electrons. The highest BCUT2D eigenvalue weighted by Crippen LogP contribution is 2.26. The lowest BCUT2D eigenvalue weighted by atomic mass is 9.92. The molecule has 2 amide bonds. The van der Waals surface area contributed by atoms with E-state index in [-0.39, 0.29) is 28.9 Å². The first-order valence-electron chi connectivity index (χ1n) is 6.86. The molecule has 2 unspecified atom stereocenters. The number of benzene rings is 1. The summed E-state index contributed by atoms with van der Waals surface area (Å²) in [5.41, 5.74) is -0.728. The summed E-state index contributed by atoms with van der Waals surface area (Å²) in [5.74, 6) is -0.950. The fourth-order valence-electron chi connectivity index (χ4n) is 2.37. The fourth-order valence-corrected chi connectivity index (χ4v) is 2.59. The summed E-state index contributed by atoms with van der Waals surface area (Å²) in [6, 6.07) is 3.70. The van der Waals surface area contributed by atoms with Crippen LogP contribution in [0.1, 0.15) is 32.8 Å². The molecule has 0 spiro atoms. The van der Waals surface area contributed by atoms with Gasteiger partial charge in [-0.15, -0.1) is 0 Å². The standard InChI is InChI=1S/C15H18ClFN2O2/c1-4-15(3)14(21)19(9(2)13(20)18-15)8-10-11(16)6-5-7-12(10)17/h5-7,9H,4,8H2,1-3H3,(H,18,20). The molecule has 1 aromatic rings. The van der Waals surface area contributed by atoms with E-state index in [1.54, 1.807) is 19.9 Å². The smallest absolute Gasteiger partial charge is 0.249 e. The molecule has 1 aliphatic heterocycles. The molecule has 1 N–H and O–H groups in total. The Hall–Kier alpha value is -1.62. The number of hydrogen-bond donors (Lipinski definition) is 1. The molecule has 0 aromatic heterocycles. The lowest BCUT2D eigenvalue weighted by molar-refractivity contribution is -0.154. The number of carbonyl (C=O) groups excluding carboxylic acids is 2.